The fourth-order valence-corrected chi connectivity index (χ4v) is 3.88. The Morgan fingerprint density at radius 1 is 0.848 bits per heavy atom. The summed E-state index contributed by atoms with van der Waals surface area (Å²) in [5.41, 5.74) is 3.47. The third-order valence-corrected chi connectivity index (χ3v) is 5.80. The van der Waals surface area contributed by atoms with E-state index < -0.39 is 5.97 Å². The van der Waals surface area contributed by atoms with Crippen molar-refractivity contribution in [2.45, 2.75) is 6.54 Å². The lowest BCUT2D eigenvalue weighted by Crippen LogP contribution is -2.45. The Bertz CT molecular complexity index is 1060. The van der Waals surface area contributed by atoms with Crippen LogP contribution < -0.4 is 10.2 Å². The number of hydrogen-bond acceptors (Lipinski definition) is 5. The number of carbonyl (C=O) groups excluding carboxylic acids is 2. The van der Waals surface area contributed by atoms with Crippen molar-refractivity contribution in [3.63, 3.8) is 0 Å². The molecule has 33 heavy (non-hydrogen) atoms. The average molecular weight is 464 g/mol. The van der Waals surface area contributed by atoms with E-state index in [4.69, 9.17) is 16.3 Å². The molecule has 4 rings (SSSR count). The molecule has 3 aromatic rings. The Morgan fingerprint density at radius 2 is 1.52 bits per heavy atom. The number of anilines is 2. The maximum Gasteiger partial charge on any atom is 0.338 e. The van der Waals surface area contributed by atoms with Crippen molar-refractivity contribution in [1.82, 2.24) is 4.90 Å². The van der Waals surface area contributed by atoms with Crippen LogP contribution in [-0.2, 0) is 16.1 Å². The van der Waals surface area contributed by atoms with Crippen molar-refractivity contribution in [2.24, 2.45) is 0 Å². The molecular formula is C26H26ClN3O3. The van der Waals surface area contributed by atoms with Crippen LogP contribution in [0.5, 0.6) is 0 Å². The fraction of sp³-hybridized carbons (Fsp3) is 0.231. The summed E-state index contributed by atoms with van der Waals surface area (Å²) in [5.74, 6) is -0.955. The number of benzene rings is 3. The molecule has 0 aromatic heterocycles. The molecule has 0 unspecified atom stereocenters. The van der Waals surface area contributed by atoms with Gasteiger partial charge in [0.05, 0.1) is 5.56 Å². The van der Waals surface area contributed by atoms with Crippen LogP contribution in [0.4, 0.5) is 11.4 Å². The van der Waals surface area contributed by atoms with Gasteiger partial charge in [0.25, 0.3) is 5.91 Å². The zero-order chi connectivity index (χ0) is 23.0. The summed E-state index contributed by atoms with van der Waals surface area (Å²) in [7, 11) is 0. The van der Waals surface area contributed by atoms with E-state index in [1.807, 2.05) is 30.3 Å². The molecule has 1 amide bonds. The summed E-state index contributed by atoms with van der Waals surface area (Å²) in [4.78, 5) is 29.0. The molecule has 1 saturated heterocycles. The van der Waals surface area contributed by atoms with Crippen LogP contribution in [0.3, 0.4) is 0 Å². The van der Waals surface area contributed by atoms with Gasteiger partial charge in [-0.15, -0.1) is 0 Å². The molecule has 1 N–H and O–H groups in total. The summed E-state index contributed by atoms with van der Waals surface area (Å²) >= 11 is 5.81. The van der Waals surface area contributed by atoms with Crippen molar-refractivity contribution < 1.29 is 14.3 Å². The van der Waals surface area contributed by atoms with Gasteiger partial charge in [-0.1, -0.05) is 41.9 Å². The Balaban J connectivity index is 1.21. The number of carbonyl (C=O) groups is 2. The Labute approximate surface area is 198 Å². The molecule has 0 atom stereocenters. The first-order valence-electron chi connectivity index (χ1n) is 10.9. The van der Waals surface area contributed by atoms with E-state index in [0.29, 0.717) is 16.3 Å². The molecule has 3 aromatic carbocycles. The molecule has 1 aliphatic heterocycles. The zero-order valence-electron chi connectivity index (χ0n) is 18.2. The number of esters is 1. The number of nitrogens with one attached hydrogen (secondary N) is 1. The highest BCUT2D eigenvalue weighted by molar-refractivity contribution is 6.30. The number of piperazine rings is 1. The van der Waals surface area contributed by atoms with Crippen molar-refractivity contribution >= 4 is 34.9 Å². The van der Waals surface area contributed by atoms with E-state index in [1.54, 1.807) is 24.3 Å². The lowest BCUT2D eigenvalue weighted by Gasteiger charge is -2.36. The first-order valence-corrected chi connectivity index (χ1v) is 11.3. The van der Waals surface area contributed by atoms with Gasteiger partial charge in [-0.2, -0.15) is 0 Å². The molecule has 0 radical (unpaired) electrons. The Hall–Kier alpha value is -3.35. The molecule has 7 heteroatoms. The molecule has 0 aliphatic carbocycles. The summed E-state index contributed by atoms with van der Waals surface area (Å²) in [6.45, 7) is 4.55. The van der Waals surface area contributed by atoms with Crippen LogP contribution in [0.1, 0.15) is 15.9 Å². The van der Waals surface area contributed by atoms with E-state index in [2.05, 4.69) is 39.4 Å². The minimum atomic E-state index is -0.566. The van der Waals surface area contributed by atoms with Gasteiger partial charge in [-0.3, -0.25) is 9.69 Å². The summed E-state index contributed by atoms with van der Waals surface area (Å²) in [6, 6.07) is 24.6. The monoisotopic (exact) mass is 463 g/mol. The number of ether oxygens (including phenoxy) is 1. The maximum absolute atomic E-state index is 12.1. The van der Waals surface area contributed by atoms with E-state index in [0.717, 1.165) is 38.4 Å². The summed E-state index contributed by atoms with van der Waals surface area (Å²) in [5, 5.41) is 3.29. The van der Waals surface area contributed by atoms with Crippen LogP contribution in [0, 0.1) is 0 Å². The molecule has 0 spiro atoms. The first kappa shape index (κ1) is 22.8. The second-order valence-electron chi connectivity index (χ2n) is 7.93. The minimum absolute atomic E-state index is 0.348. The first-order chi connectivity index (χ1) is 16.1. The predicted octanol–water partition coefficient (Wildman–Crippen LogP) is 4.46. The number of halogens is 1. The van der Waals surface area contributed by atoms with Crippen LogP contribution >= 0.6 is 11.6 Å². The van der Waals surface area contributed by atoms with Gasteiger partial charge in [-0.25, -0.2) is 4.79 Å². The maximum atomic E-state index is 12.1. The smallest absolute Gasteiger partial charge is 0.338 e. The van der Waals surface area contributed by atoms with Gasteiger partial charge in [0.15, 0.2) is 6.61 Å². The molecule has 0 bridgehead atoms. The van der Waals surface area contributed by atoms with Crippen LogP contribution in [0.25, 0.3) is 0 Å². The summed E-state index contributed by atoms with van der Waals surface area (Å²) in [6.07, 6.45) is 0. The largest absolute Gasteiger partial charge is 0.452 e. The van der Waals surface area contributed by atoms with E-state index in [9.17, 15) is 9.59 Å². The van der Waals surface area contributed by atoms with E-state index >= 15 is 0 Å². The third kappa shape index (κ3) is 6.57. The van der Waals surface area contributed by atoms with Gasteiger partial charge in [0.1, 0.15) is 0 Å². The molecule has 1 fully saturated rings. The lowest BCUT2D eigenvalue weighted by atomic mass is 10.2. The molecule has 1 heterocycles. The highest BCUT2D eigenvalue weighted by atomic mass is 35.5. The molecule has 170 valence electrons. The van der Waals surface area contributed by atoms with Crippen LogP contribution in [0.2, 0.25) is 5.02 Å². The van der Waals surface area contributed by atoms with Gasteiger partial charge in [-0.05, 0) is 54.1 Å². The Kier molecular flexibility index (Phi) is 7.60. The topological polar surface area (TPSA) is 61.9 Å². The lowest BCUT2D eigenvalue weighted by molar-refractivity contribution is -0.119. The van der Waals surface area contributed by atoms with Crippen molar-refractivity contribution in [1.29, 1.82) is 0 Å². The molecule has 1 aliphatic rings. The number of nitrogens with zero attached hydrogens (tertiary/aromatic N) is 2. The normalized spacial score (nSPS) is 14.0. The van der Waals surface area contributed by atoms with Crippen molar-refractivity contribution in [2.75, 3.05) is 43.0 Å². The van der Waals surface area contributed by atoms with E-state index in [-0.39, 0.29) is 12.5 Å². The highest BCUT2D eigenvalue weighted by Crippen LogP contribution is 2.20. The molecule has 6 nitrogen and oxygen atoms in total. The highest BCUT2D eigenvalue weighted by Gasteiger charge is 2.17. The SMILES string of the molecule is O=C(COC(=O)c1ccc(Cl)cc1)Nc1ccc(N2CCN(Cc3ccccc3)CC2)cc1. The predicted molar refractivity (Wildman–Crippen MR) is 131 cm³/mol. The summed E-state index contributed by atoms with van der Waals surface area (Å²) < 4.78 is 5.07. The number of rotatable bonds is 7. The van der Waals surface area contributed by atoms with E-state index in [1.165, 1.54) is 5.56 Å². The third-order valence-electron chi connectivity index (χ3n) is 5.55. The van der Waals surface area contributed by atoms with Crippen molar-refractivity contribution in [3.8, 4) is 0 Å². The zero-order valence-corrected chi connectivity index (χ0v) is 19.0. The second kappa shape index (κ2) is 11.0. The van der Waals surface area contributed by atoms with Gasteiger partial charge in [0, 0.05) is 49.1 Å². The fourth-order valence-electron chi connectivity index (χ4n) is 3.76. The number of amides is 1. The molecular weight excluding hydrogens is 438 g/mol. The van der Waals surface area contributed by atoms with Crippen molar-refractivity contribution in [3.05, 3.63) is 95.0 Å². The molecule has 0 saturated carbocycles. The van der Waals surface area contributed by atoms with Gasteiger partial charge >= 0.3 is 5.97 Å². The average Bonchev–Trinajstić information content (AvgIpc) is 2.85. The minimum Gasteiger partial charge on any atom is -0.452 e. The quantitative estimate of drug-likeness (QED) is 0.524. The van der Waals surface area contributed by atoms with Crippen LogP contribution in [-0.4, -0.2) is 49.6 Å². The van der Waals surface area contributed by atoms with Gasteiger partial charge in [0.2, 0.25) is 0 Å². The van der Waals surface area contributed by atoms with Crippen LogP contribution in [0.15, 0.2) is 78.9 Å². The number of hydrogen-bond donors (Lipinski definition) is 1. The Morgan fingerprint density at radius 3 is 2.18 bits per heavy atom. The second-order valence-corrected chi connectivity index (χ2v) is 8.36. The standard InChI is InChI=1S/C26H26ClN3O3/c27-22-8-6-21(7-9-22)26(32)33-19-25(31)28-23-10-12-24(13-11-23)30-16-14-29(15-17-30)18-20-4-2-1-3-5-20/h1-13H,14-19H2,(H,28,31). The van der Waals surface area contributed by atoms with Gasteiger partial charge < -0.3 is 15.0 Å².